The van der Waals surface area contributed by atoms with E-state index in [-0.39, 0.29) is 11.7 Å². The van der Waals surface area contributed by atoms with Gasteiger partial charge in [0.25, 0.3) is 5.91 Å². The number of carbonyl (C=O) groups excluding carboxylic acids is 1. The summed E-state index contributed by atoms with van der Waals surface area (Å²) in [5.41, 5.74) is 2.92. The molecule has 0 aliphatic rings. The number of rotatable bonds is 6. The van der Waals surface area contributed by atoms with Gasteiger partial charge >= 0.3 is 0 Å². The first kappa shape index (κ1) is 20.2. The number of amides is 1. The van der Waals surface area contributed by atoms with Gasteiger partial charge in [0.15, 0.2) is 0 Å². The lowest BCUT2D eigenvalue weighted by molar-refractivity contribution is 0.101. The molecule has 31 heavy (non-hydrogen) atoms. The van der Waals surface area contributed by atoms with E-state index >= 15 is 0 Å². The van der Waals surface area contributed by atoms with E-state index in [1.54, 1.807) is 37.1 Å². The number of ether oxygens (including phenoxy) is 2. The maximum atomic E-state index is 13.2. The lowest BCUT2D eigenvalue weighted by atomic mass is 10.1. The van der Waals surface area contributed by atoms with Gasteiger partial charge in [-0.15, -0.1) is 0 Å². The van der Waals surface area contributed by atoms with E-state index < -0.39 is 0 Å². The molecule has 0 spiro atoms. The van der Waals surface area contributed by atoms with Crippen molar-refractivity contribution < 1.29 is 18.7 Å². The number of hydrogen-bond acceptors (Lipinski definition) is 4. The van der Waals surface area contributed by atoms with Gasteiger partial charge in [-0.3, -0.25) is 4.79 Å². The van der Waals surface area contributed by atoms with E-state index in [4.69, 9.17) is 9.47 Å². The van der Waals surface area contributed by atoms with Crippen molar-refractivity contribution in [2.75, 3.05) is 19.5 Å². The molecule has 0 bridgehead atoms. The van der Waals surface area contributed by atoms with Crippen LogP contribution in [-0.4, -0.2) is 29.9 Å². The number of aromatic nitrogens is 2. The molecule has 0 fully saturated rings. The van der Waals surface area contributed by atoms with Crippen LogP contribution in [0, 0.1) is 5.82 Å². The predicted octanol–water partition coefficient (Wildman–Crippen LogP) is 4.95. The van der Waals surface area contributed by atoms with Crippen LogP contribution in [0.4, 0.5) is 10.1 Å². The van der Waals surface area contributed by atoms with Gasteiger partial charge in [-0.2, -0.15) is 5.10 Å². The molecule has 1 heterocycles. The van der Waals surface area contributed by atoms with Gasteiger partial charge in [0.05, 0.1) is 25.6 Å². The Bertz CT molecular complexity index is 1200. The third-order valence-electron chi connectivity index (χ3n) is 4.73. The molecule has 0 radical (unpaired) electrons. The fourth-order valence-corrected chi connectivity index (χ4v) is 3.11. The van der Waals surface area contributed by atoms with Crippen molar-refractivity contribution in [3.8, 4) is 28.4 Å². The summed E-state index contributed by atoms with van der Waals surface area (Å²) in [6.07, 6.45) is 0. The standard InChI is InChI=1S/C24H20FN3O3/c1-30-20-12-10-19(11-13-20)28-23(24(29)26-18-8-6-17(25)7-9-18)15-22(27-28)16-4-3-5-21(14-16)31-2/h3-15H,1-2H3,(H,26,29). The minimum atomic E-state index is -0.374. The highest BCUT2D eigenvalue weighted by molar-refractivity contribution is 6.04. The van der Waals surface area contributed by atoms with Crippen molar-refractivity contribution in [2.24, 2.45) is 0 Å². The zero-order valence-electron chi connectivity index (χ0n) is 17.0. The Balaban J connectivity index is 1.76. The Morgan fingerprint density at radius 3 is 2.29 bits per heavy atom. The molecule has 4 rings (SSSR count). The molecular weight excluding hydrogens is 397 g/mol. The highest BCUT2D eigenvalue weighted by atomic mass is 19.1. The van der Waals surface area contributed by atoms with Crippen molar-refractivity contribution in [2.45, 2.75) is 0 Å². The molecule has 156 valence electrons. The summed E-state index contributed by atoms with van der Waals surface area (Å²) < 4.78 is 25.3. The second-order valence-corrected chi connectivity index (χ2v) is 6.72. The third-order valence-corrected chi connectivity index (χ3v) is 4.73. The molecule has 1 N–H and O–H groups in total. The minimum Gasteiger partial charge on any atom is -0.497 e. The quantitative estimate of drug-likeness (QED) is 0.482. The summed E-state index contributed by atoms with van der Waals surface area (Å²) in [4.78, 5) is 13.1. The number of anilines is 1. The maximum Gasteiger partial charge on any atom is 0.274 e. The van der Waals surface area contributed by atoms with Gasteiger partial charge < -0.3 is 14.8 Å². The van der Waals surface area contributed by atoms with Crippen LogP contribution < -0.4 is 14.8 Å². The topological polar surface area (TPSA) is 65.4 Å². The van der Waals surface area contributed by atoms with Crippen LogP contribution in [0.15, 0.2) is 78.9 Å². The van der Waals surface area contributed by atoms with Crippen molar-refractivity contribution in [3.63, 3.8) is 0 Å². The molecule has 1 amide bonds. The van der Waals surface area contributed by atoms with Crippen molar-refractivity contribution in [3.05, 3.63) is 90.4 Å². The average molecular weight is 417 g/mol. The molecule has 1 aromatic heterocycles. The molecule has 0 atom stereocenters. The van der Waals surface area contributed by atoms with E-state index in [9.17, 15) is 9.18 Å². The van der Waals surface area contributed by atoms with Gasteiger partial charge in [-0.25, -0.2) is 9.07 Å². The van der Waals surface area contributed by atoms with Crippen LogP contribution in [-0.2, 0) is 0 Å². The van der Waals surface area contributed by atoms with Crippen LogP contribution >= 0.6 is 0 Å². The third kappa shape index (κ3) is 4.40. The largest absolute Gasteiger partial charge is 0.497 e. The zero-order valence-corrected chi connectivity index (χ0v) is 17.0. The molecule has 0 saturated heterocycles. The fourth-order valence-electron chi connectivity index (χ4n) is 3.11. The van der Waals surface area contributed by atoms with Gasteiger partial charge in [0.1, 0.15) is 23.0 Å². The van der Waals surface area contributed by atoms with Gasteiger partial charge in [0.2, 0.25) is 0 Å². The highest BCUT2D eigenvalue weighted by Gasteiger charge is 2.18. The Kier molecular flexibility index (Phi) is 5.66. The second kappa shape index (κ2) is 8.71. The summed E-state index contributed by atoms with van der Waals surface area (Å²) in [5, 5.41) is 7.45. The molecule has 4 aromatic rings. The summed E-state index contributed by atoms with van der Waals surface area (Å²) in [5.74, 6) is 0.640. The monoisotopic (exact) mass is 417 g/mol. The first-order valence-corrected chi connectivity index (χ1v) is 9.53. The van der Waals surface area contributed by atoms with Gasteiger partial charge in [-0.1, -0.05) is 12.1 Å². The maximum absolute atomic E-state index is 13.2. The molecular formula is C24H20FN3O3. The Labute approximate surface area is 178 Å². The van der Waals surface area contributed by atoms with Gasteiger partial charge in [0, 0.05) is 11.3 Å². The lowest BCUT2D eigenvalue weighted by Gasteiger charge is -2.09. The van der Waals surface area contributed by atoms with E-state index in [1.807, 2.05) is 36.4 Å². The molecule has 0 saturated carbocycles. The van der Waals surface area contributed by atoms with Crippen LogP contribution in [0.1, 0.15) is 10.5 Å². The lowest BCUT2D eigenvalue weighted by Crippen LogP contribution is -2.17. The molecule has 6 nitrogen and oxygen atoms in total. The fraction of sp³-hybridized carbons (Fsp3) is 0.0833. The molecule has 0 aliphatic heterocycles. The van der Waals surface area contributed by atoms with Crippen LogP contribution in [0.3, 0.4) is 0 Å². The number of methoxy groups -OCH3 is 2. The molecule has 7 heteroatoms. The molecule has 0 aliphatic carbocycles. The SMILES string of the molecule is COc1ccc(-n2nc(-c3cccc(OC)c3)cc2C(=O)Nc2ccc(F)cc2)cc1. The minimum absolute atomic E-state index is 0.326. The van der Waals surface area contributed by atoms with E-state index in [0.29, 0.717) is 34.3 Å². The number of nitrogens with one attached hydrogen (secondary N) is 1. The summed E-state index contributed by atoms with van der Waals surface area (Å²) in [7, 11) is 3.18. The predicted molar refractivity (Wildman–Crippen MR) is 116 cm³/mol. The first-order valence-electron chi connectivity index (χ1n) is 9.53. The van der Waals surface area contributed by atoms with Gasteiger partial charge in [-0.05, 0) is 66.7 Å². The smallest absolute Gasteiger partial charge is 0.274 e. The van der Waals surface area contributed by atoms with Crippen molar-refractivity contribution >= 4 is 11.6 Å². The Hall–Kier alpha value is -4.13. The van der Waals surface area contributed by atoms with Crippen LogP contribution in [0.5, 0.6) is 11.5 Å². The average Bonchev–Trinajstić information content (AvgIpc) is 3.26. The first-order chi connectivity index (χ1) is 15.1. The van der Waals surface area contributed by atoms with Crippen molar-refractivity contribution in [1.82, 2.24) is 9.78 Å². The number of benzene rings is 3. The van der Waals surface area contributed by atoms with E-state index in [0.717, 1.165) is 5.56 Å². The van der Waals surface area contributed by atoms with Crippen LogP contribution in [0.2, 0.25) is 0 Å². The summed E-state index contributed by atoms with van der Waals surface area (Å²) in [6.45, 7) is 0. The molecule has 0 unspecified atom stereocenters. The number of hydrogen-bond donors (Lipinski definition) is 1. The highest BCUT2D eigenvalue weighted by Crippen LogP contribution is 2.26. The van der Waals surface area contributed by atoms with E-state index in [1.165, 1.54) is 24.3 Å². The second-order valence-electron chi connectivity index (χ2n) is 6.72. The number of carbonyl (C=O) groups is 1. The van der Waals surface area contributed by atoms with E-state index in [2.05, 4.69) is 10.4 Å². The number of halogens is 1. The number of nitrogens with zero attached hydrogens (tertiary/aromatic N) is 2. The zero-order chi connectivity index (χ0) is 21.8. The summed E-state index contributed by atoms with van der Waals surface area (Å²) >= 11 is 0. The van der Waals surface area contributed by atoms with Crippen LogP contribution in [0.25, 0.3) is 16.9 Å². The Morgan fingerprint density at radius 1 is 0.903 bits per heavy atom. The normalized spacial score (nSPS) is 10.5. The Morgan fingerprint density at radius 2 is 1.61 bits per heavy atom. The molecule has 3 aromatic carbocycles. The summed E-state index contributed by atoms with van der Waals surface area (Å²) in [6, 6.07) is 22.0. The van der Waals surface area contributed by atoms with Crippen molar-refractivity contribution in [1.29, 1.82) is 0 Å².